The van der Waals surface area contributed by atoms with Crippen molar-refractivity contribution in [3.05, 3.63) is 11.1 Å². The highest BCUT2D eigenvalue weighted by atomic mass is 32.1. The van der Waals surface area contributed by atoms with Crippen LogP contribution in [0.4, 0.5) is 5.13 Å². The van der Waals surface area contributed by atoms with Crippen molar-refractivity contribution in [2.24, 2.45) is 5.92 Å². The lowest BCUT2D eigenvalue weighted by atomic mass is 10.0. The summed E-state index contributed by atoms with van der Waals surface area (Å²) < 4.78 is 0. The van der Waals surface area contributed by atoms with E-state index in [9.17, 15) is 4.79 Å². The zero-order valence-corrected chi connectivity index (χ0v) is 11.6. The van der Waals surface area contributed by atoms with Gasteiger partial charge in [0.05, 0.1) is 0 Å². The number of aromatic nitrogens is 1. The number of thiazole rings is 1. The maximum Gasteiger partial charge on any atom is 0.273 e. The van der Waals surface area contributed by atoms with Crippen LogP contribution in [-0.4, -0.2) is 28.9 Å². The maximum atomic E-state index is 12.2. The number of nitrogen functional groups attached to an aromatic ring is 1. The van der Waals surface area contributed by atoms with Crippen molar-refractivity contribution in [1.29, 1.82) is 0 Å². The average molecular weight is 255 g/mol. The monoisotopic (exact) mass is 255 g/mol. The van der Waals surface area contributed by atoms with Gasteiger partial charge in [0.25, 0.3) is 5.91 Å². The summed E-state index contributed by atoms with van der Waals surface area (Å²) in [6.45, 7) is 7.84. The van der Waals surface area contributed by atoms with Gasteiger partial charge in [-0.25, -0.2) is 4.98 Å². The first-order valence-corrected chi connectivity index (χ1v) is 7.00. The summed E-state index contributed by atoms with van der Waals surface area (Å²) in [6.07, 6.45) is 2.19. The topological polar surface area (TPSA) is 59.2 Å². The van der Waals surface area contributed by atoms with E-state index < -0.39 is 0 Å². The van der Waals surface area contributed by atoms with Crippen molar-refractivity contribution in [3.8, 4) is 0 Å². The highest BCUT2D eigenvalue weighted by Crippen LogP contribution is 2.16. The quantitative estimate of drug-likeness (QED) is 0.850. The molecule has 5 heteroatoms. The number of nitrogens with zero attached hydrogens (tertiary/aromatic N) is 2. The van der Waals surface area contributed by atoms with Crippen molar-refractivity contribution in [1.82, 2.24) is 9.88 Å². The molecule has 0 atom stereocenters. The zero-order valence-electron chi connectivity index (χ0n) is 10.8. The van der Waals surface area contributed by atoms with Gasteiger partial charge in [0.15, 0.2) is 5.13 Å². The largest absolute Gasteiger partial charge is 0.375 e. The van der Waals surface area contributed by atoms with Crippen LogP contribution in [0.15, 0.2) is 5.38 Å². The number of amides is 1. The van der Waals surface area contributed by atoms with Crippen LogP contribution in [0, 0.1) is 5.92 Å². The van der Waals surface area contributed by atoms with Gasteiger partial charge in [0.2, 0.25) is 0 Å². The van der Waals surface area contributed by atoms with Crippen LogP contribution in [0.25, 0.3) is 0 Å². The first kappa shape index (κ1) is 14.0. The maximum absolute atomic E-state index is 12.2. The summed E-state index contributed by atoms with van der Waals surface area (Å²) >= 11 is 1.31. The van der Waals surface area contributed by atoms with Gasteiger partial charge in [0.1, 0.15) is 5.69 Å². The van der Waals surface area contributed by atoms with Crippen molar-refractivity contribution >= 4 is 22.4 Å². The number of carbonyl (C=O) groups is 1. The van der Waals surface area contributed by atoms with Gasteiger partial charge in [-0.15, -0.1) is 11.3 Å². The van der Waals surface area contributed by atoms with E-state index in [0.717, 1.165) is 19.4 Å². The molecule has 0 unspecified atom stereocenters. The standard InChI is InChI=1S/C12H21N3OS/c1-4-9(5-2)7-15(6-3)11(16)10-8-17-12(13)14-10/h8-9H,4-7H2,1-3H3,(H2,13,14). The van der Waals surface area contributed by atoms with E-state index in [-0.39, 0.29) is 5.91 Å². The number of anilines is 1. The second-order valence-electron chi connectivity index (χ2n) is 4.10. The summed E-state index contributed by atoms with van der Waals surface area (Å²) in [4.78, 5) is 18.1. The lowest BCUT2D eigenvalue weighted by Gasteiger charge is -2.24. The number of nitrogens with two attached hydrogens (primary N) is 1. The molecule has 1 rings (SSSR count). The Balaban J connectivity index is 2.70. The van der Waals surface area contributed by atoms with Gasteiger partial charge in [-0.1, -0.05) is 26.7 Å². The molecule has 0 aliphatic rings. The predicted octanol–water partition coefficient (Wildman–Crippen LogP) is 2.62. The van der Waals surface area contributed by atoms with Gasteiger partial charge in [-0.2, -0.15) is 0 Å². The molecule has 2 N–H and O–H groups in total. The smallest absolute Gasteiger partial charge is 0.273 e. The molecular weight excluding hydrogens is 234 g/mol. The molecule has 1 aromatic rings. The third-order valence-corrected chi connectivity index (χ3v) is 3.72. The minimum Gasteiger partial charge on any atom is -0.375 e. The molecule has 1 amide bonds. The minimum absolute atomic E-state index is 0.00708. The molecule has 1 aromatic heterocycles. The fraction of sp³-hybridized carbons (Fsp3) is 0.667. The highest BCUT2D eigenvalue weighted by molar-refractivity contribution is 7.13. The Morgan fingerprint density at radius 1 is 1.47 bits per heavy atom. The number of hydrogen-bond donors (Lipinski definition) is 1. The molecular formula is C12H21N3OS. The van der Waals surface area contributed by atoms with E-state index in [1.54, 1.807) is 5.38 Å². The Morgan fingerprint density at radius 3 is 2.53 bits per heavy atom. The molecule has 17 heavy (non-hydrogen) atoms. The summed E-state index contributed by atoms with van der Waals surface area (Å²) in [5.74, 6) is 0.558. The van der Waals surface area contributed by atoms with E-state index in [1.807, 2.05) is 11.8 Å². The third kappa shape index (κ3) is 3.70. The van der Waals surface area contributed by atoms with Crippen molar-refractivity contribution < 1.29 is 4.79 Å². The molecule has 0 radical (unpaired) electrons. The lowest BCUT2D eigenvalue weighted by Crippen LogP contribution is -2.35. The van der Waals surface area contributed by atoms with E-state index in [4.69, 9.17) is 5.73 Å². The van der Waals surface area contributed by atoms with Gasteiger partial charge in [-0.3, -0.25) is 4.79 Å². The van der Waals surface area contributed by atoms with Crippen LogP contribution < -0.4 is 5.73 Å². The minimum atomic E-state index is -0.00708. The first-order valence-electron chi connectivity index (χ1n) is 6.12. The van der Waals surface area contributed by atoms with Crippen LogP contribution in [0.1, 0.15) is 44.1 Å². The SMILES string of the molecule is CCC(CC)CN(CC)C(=O)c1csc(N)n1. The molecule has 0 aliphatic carbocycles. The summed E-state index contributed by atoms with van der Waals surface area (Å²) in [5.41, 5.74) is 6.02. The zero-order chi connectivity index (χ0) is 12.8. The molecule has 4 nitrogen and oxygen atoms in total. The number of hydrogen-bond acceptors (Lipinski definition) is 4. The molecule has 0 spiro atoms. The molecule has 0 bridgehead atoms. The van der Waals surface area contributed by atoms with E-state index in [0.29, 0.717) is 23.3 Å². The lowest BCUT2D eigenvalue weighted by molar-refractivity contribution is 0.0730. The van der Waals surface area contributed by atoms with Crippen LogP contribution in [0.3, 0.4) is 0 Å². The van der Waals surface area contributed by atoms with E-state index in [2.05, 4.69) is 18.8 Å². The Morgan fingerprint density at radius 2 is 2.12 bits per heavy atom. The molecule has 1 heterocycles. The van der Waals surface area contributed by atoms with Gasteiger partial charge in [0, 0.05) is 18.5 Å². The third-order valence-electron chi connectivity index (χ3n) is 3.04. The number of carbonyl (C=O) groups excluding carboxylic acids is 1. The molecule has 0 aliphatic heterocycles. The average Bonchev–Trinajstić information content (AvgIpc) is 2.77. The second-order valence-corrected chi connectivity index (χ2v) is 4.99. The van der Waals surface area contributed by atoms with E-state index >= 15 is 0 Å². The van der Waals surface area contributed by atoms with E-state index in [1.165, 1.54) is 11.3 Å². The van der Waals surface area contributed by atoms with Crippen molar-refractivity contribution in [3.63, 3.8) is 0 Å². The normalized spacial score (nSPS) is 10.8. The Labute approximate surface area is 107 Å². The van der Waals surface area contributed by atoms with Gasteiger partial charge in [-0.05, 0) is 12.8 Å². The summed E-state index contributed by atoms with van der Waals surface area (Å²) in [7, 11) is 0. The van der Waals surface area contributed by atoms with Crippen molar-refractivity contribution in [2.75, 3.05) is 18.8 Å². The van der Waals surface area contributed by atoms with Crippen molar-refractivity contribution in [2.45, 2.75) is 33.6 Å². The van der Waals surface area contributed by atoms with Gasteiger partial charge >= 0.3 is 0 Å². The van der Waals surface area contributed by atoms with Crippen LogP contribution in [0.2, 0.25) is 0 Å². The Kier molecular flexibility index (Phi) is 5.41. The van der Waals surface area contributed by atoms with Crippen LogP contribution >= 0.6 is 11.3 Å². The number of rotatable bonds is 6. The summed E-state index contributed by atoms with van der Waals surface area (Å²) in [6, 6.07) is 0. The molecule has 0 fully saturated rings. The second kappa shape index (κ2) is 6.59. The molecule has 0 saturated heterocycles. The predicted molar refractivity (Wildman–Crippen MR) is 72.2 cm³/mol. The Bertz CT molecular complexity index is 360. The van der Waals surface area contributed by atoms with Crippen LogP contribution in [-0.2, 0) is 0 Å². The fourth-order valence-corrected chi connectivity index (χ4v) is 2.30. The molecule has 0 aromatic carbocycles. The molecule has 96 valence electrons. The Hall–Kier alpha value is -1.10. The molecule has 0 saturated carbocycles. The van der Waals surface area contributed by atoms with Gasteiger partial charge < -0.3 is 10.6 Å². The first-order chi connectivity index (χ1) is 8.12. The van der Waals surface area contributed by atoms with Crippen LogP contribution in [0.5, 0.6) is 0 Å². The highest BCUT2D eigenvalue weighted by Gasteiger charge is 2.19. The fourth-order valence-electron chi connectivity index (χ4n) is 1.76. The summed E-state index contributed by atoms with van der Waals surface area (Å²) in [5, 5.41) is 2.18.